The number of rotatable bonds is 4. The van der Waals surface area contributed by atoms with Crippen molar-refractivity contribution in [1.29, 1.82) is 0 Å². The van der Waals surface area contributed by atoms with E-state index in [0.29, 0.717) is 13.0 Å². The lowest BCUT2D eigenvalue weighted by atomic mass is 9.82. The molecule has 1 aliphatic rings. The van der Waals surface area contributed by atoms with Gasteiger partial charge in [0.05, 0.1) is 12.0 Å². The highest BCUT2D eigenvalue weighted by atomic mass is 16.3. The number of aliphatic hydroxyl groups excluding tert-OH is 1. The minimum absolute atomic E-state index is 0.0426. The van der Waals surface area contributed by atoms with Gasteiger partial charge in [0.2, 0.25) is 5.91 Å². The van der Waals surface area contributed by atoms with Gasteiger partial charge in [0.15, 0.2) is 0 Å². The highest BCUT2D eigenvalue weighted by molar-refractivity contribution is 5.84. The van der Waals surface area contributed by atoms with E-state index in [4.69, 9.17) is 0 Å². The molecule has 0 saturated carbocycles. The van der Waals surface area contributed by atoms with E-state index in [1.54, 1.807) is 0 Å². The molecule has 1 aromatic carbocycles. The molecule has 0 heterocycles. The Labute approximate surface area is 108 Å². The Kier molecular flexibility index (Phi) is 4.37. The van der Waals surface area contributed by atoms with Gasteiger partial charge in [0.25, 0.3) is 0 Å². The van der Waals surface area contributed by atoms with Crippen molar-refractivity contribution in [2.75, 3.05) is 6.54 Å². The smallest absolute Gasteiger partial charge is 0.227 e. The van der Waals surface area contributed by atoms with Gasteiger partial charge in [0.1, 0.15) is 0 Å². The second-order valence-electron chi connectivity index (χ2n) is 4.95. The number of hydrogen-bond donors (Lipinski definition) is 2. The molecule has 0 spiro atoms. The molecule has 3 nitrogen and oxygen atoms in total. The lowest BCUT2D eigenvalue weighted by molar-refractivity contribution is -0.123. The number of carbonyl (C=O) groups is 1. The fourth-order valence-corrected chi connectivity index (χ4v) is 2.51. The van der Waals surface area contributed by atoms with Gasteiger partial charge in [-0.3, -0.25) is 4.79 Å². The molecule has 2 N–H and O–H groups in total. The van der Waals surface area contributed by atoms with Crippen molar-refractivity contribution in [3.8, 4) is 0 Å². The van der Waals surface area contributed by atoms with Crippen LogP contribution in [0.5, 0.6) is 0 Å². The summed E-state index contributed by atoms with van der Waals surface area (Å²) in [4.78, 5) is 12.2. The summed E-state index contributed by atoms with van der Waals surface area (Å²) < 4.78 is 0. The van der Waals surface area contributed by atoms with E-state index in [1.807, 2.05) is 19.1 Å². The van der Waals surface area contributed by atoms with E-state index in [2.05, 4.69) is 17.4 Å². The highest BCUT2D eigenvalue weighted by Gasteiger charge is 2.25. The first kappa shape index (κ1) is 13.1. The van der Waals surface area contributed by atoms with Crippen LogP contribution < -0.4 is 5.32 Å². The van der Waals surface area contributed by atoms with Gasteiger partial charge in [-0.05, 0) is 36.8 Å². The molecular formula is C15H21NO2. The highest BCUT2D eigenvalue weighted by Crippen LogP contribution is 2.31. The van der Waals surface area contributed by atoms with Crippen molar-refractivity contribution in [2.45, 2.75) is 44.6 Å². The summed E-state index contributed by atoms with van der Waals surface area (Å²) in [5.74, 6) is 0.00801. The van der Waals surface area contributed by atoms with Crippen LogP contribution in [-0.4, -0.2) is 23.7 Å². The Hall–Kier alpha value is -1.35. The number of fused-ring (bicyclic) bond motifs is 1. The van der Waals surface area contributed by atoms with Crippen molar-refractivity contribution in [3.63, 3.8) is 0 Å². The monoisotopic (exact) mass is 247 g/mol. The largest absolute Gasteiger partial charge is 0.391 e. The Bertz CT molecular complexity index is 417. The summed E-state index contributed by atoms with van der Waals surface area (Å²) in [5, 5.41) is 12.3. The van der Waals surface area contributed by atoms with E-state index in [-0.39, 0.29) is 11.8 Å². The molecule has 1 aliphatic carbocycles. The fourth-order valence-electron chi connectivity index (χ4n) is 2.51. The normalized spacial score (nSPS) is 20.0. The third-order valence-corrected chi connectivity index (χ3v) is 3.67. The van der Waals surface area contributed by atoms with Crippen LogP contribution in [0.25, 0.3) is 0 Å². The van der Waals surface area contributed by atoms with Crippen LogP contribution in [0.3, 0.4) is 0 Å². The molecule has 0 saturated heterocycles. The Morgan fingerprint density at radius 1 is 1.50 bits per heavy atom. The van der Waals surface area contributed by atoms with Crippen molar-refractivity contribution >= 4 is 5.91 Å². The van der Waals surface area contributed by atoms with Gasteiger partial charge in [-0.2, -0.15) is 0 Å². The molecule has 1 aromatic rings. The fraction of sp³-hybridized carbons (Fsp3) is 0.533. The third kappa shape index (κ3) is 2.91. The average molecular weight is 247 g/mol. The minimum atomic E-state index is -0.437. The summed E-state index contributed by atoms with van der Waals surface area (Å²) >= 11 is 0. The average Bonchev–Trinajstić information content (AvgIpc) is 2.43. The molecule has 2 unspecified atom stereocenters. The molecule has 2 rings (SSSR count). The number of nitrogens with one attached hydrogen (secondary N) is 1. The lowest BCUT2D eigenvalue weighted by Crippen LogP contribution is -2.36. The molecule has 18 heavy (non-hydrogen) atoms. The van der Waals surface area contributed by atoms with Crippen molar-refractivity contribution in [3.05, 3.63) is 35.4 Å². The first-order chi connectivity index (χ1) is 8.72. The van der Waals surface area contributed by atoms with E-state index >= 15 is 0 Å². The predicted octanol–water partition coefficient (Wildman–Crippen LogP) is 1.99. The number of aliphatic hydroxyl groups is 1. The number of aryl methyl sites for hydroxylation is 1. The summed E-state index contributed by atoms with van der Waals surface area (Å²) in [6, 6.07) is 8.18. The van der Waals surface area contributed by atoms with Gasteiger partial charge < -0.3 is 10.4 Å². The minimum Gasteiger partial charge on any atom is -0.391 e. The summed E-state index contributed by atoms with van der Waals surface area (Å²) in [5.41, 5.74) is 2.45. The molecule has 0 aliphatic heterocycles. The van der Waals surface area contributed by atoms with Crippen molar-refractivity contribution in [1.82, 2.24) is 5.32 Å². The Balaban J connectivity index is 2.04. The summed E-state index contributed by atoms with van der Waals surface area (Å²) in [7, 11) is 0. The first-order valence-electron chi connectivity index (χ1n) is 6.76. The molecule has 3 heteroatoms. The number of benzene rings is 1. The van der Waals surface area contributed by atoms with Crippen molar-refractivity contribution < 1.29 is 9.90 Å². The number of carbonyl (C=O) groups excluding carboxylic acids is 1. The van der Waals surface area contributed by atoms with E-state index in [9.17, 15) is 9.90 Å². The molecule has 0 bridgehead atoms. The van der Waals surface area contributed by atoms with Gasteiger partial charge in [0, 0.05) is 6.54 Å². The summed E-state index contributed by atoms with van der Waals surface area (Å²) in [6.07, 6.45) is 3.27. The predicted molar refractivity (Wildman–Crippen MR) is 71.4 cm³/mol. The zero-order chi connectivity index (χ0) is 13.0. The van der Waals surface area contributed by atoms with Crippen LogP contribution in [0, 0.1) is 0 Å². The van der Waals surface area contributed by atoms with E-state index < -0.39 is 6.10 Å². The van der Waals surface area contributed by atoms with E-state index in [1.165, 1.54) is 5.56 Å². The van der Waals surface area contributed by atoms with Crippen LogP contribution in [0.1, 0.15) is 43.2 Å². The first-order valence-corrected chi connectivity index (χ1v) is 6.76. The second-order valence-corrected chi connectivity index (χ2v) is 4.95. The Morgan fingerprint density at radius 2 is 2.28 bits per heavy atom. The maximum absolute atomic E-state index is 12.2. The number of amides is 1. The SMILES string of the molecule is CCC(O)CNC(=O)C1CCCc2ccccc21. The Morgan fingerprint density at radius 3 is 3.06 bits per heavy atom. The quantitative estimate of drug-likeness (QED) is 0.855. The molecule has 2 atom stereocenters. The molecule has 0 fully saturated rings. The van der Waals surface area contributed by atoms with Gasteiger partial charge >= 0.3 is 0 Å². The van der Waals surface area contributed by atoms with Gasteiger partial charge in [-0.25, -0.2) is 0 Å². The molecule has 1 amide bonds. The zero-order valence-electron chi connectivity index (χ0n) is 10.9. The van der Waals surface area contributed by atoms with Crippen LogP contribution >= 0.6 is 0 Å². The van der Waals surface area contributed by atoms with Gasteiger partial charge in [-0.15, -0.1) is 0 Å². The molecular weight excluding hydrogens is 226 g/mol. The zero-order valence-corrected chi connectivity index (χ0v) is 10.9. The topological polar surface area (TPSA) is 49.3 Å². The second kappa shape index (κ2) is 6.01. The molecule has 98 valence electrons. The van der Waals surface area contributed by atoms with Crippen LogP contribution in [-0.2, 0) is 11.2 Å². The van der Waals surface area contributed by atoms with Crippen LogP contribution in [0.15, 0.2) is 24.3 Å². The van der Waals surface area contributed by atoms with Crippen LogP contribution in [0.2, 0.25) is 0 Å². The summed E-state index contributed by atoms with van der Waals surface area (Å²) in [6.45, 7) is 2.26. The van der Waals surface area contributed by atoms with Gasteiger partial charge in [-0.1, -0.05) is 31.2 Å². The maximum atomic E-state index is 12.2. The molecule has 0 aromatic heterocycles. The van der Waals surface area contributed by atoms with Crippen molar-refractivity contribution in [2.24, 2.45) is 0 Å². The lowest BCUT2D eigenvalue weighted by Gasteiger charge is -2.25. The third-order valence-electron chi connectivity index (χ3n) is 3.67. The molecule has 0 radical (unpaired) electrons. The van der Waals surface area contributed by atoms with E-state index in [0.717, 1.165) is 24.8 Å². The van der Waals surface area contributed by atoms with Crippen LogP contribution in [0.4, 0.5) is 0 Å². The standard InChI is InChI=1S/C15H21NO2/c1-2-12(17)10-16-15(18)14-9-5-7-11-6-3-4-8-13(11)14/h3-4,6,8,12,14,17H,2,5,7,9-10H2,1H3,(H,16,18). The number of hydrogen-bond acceptors (Lipinski definition) is 2. The maximum Gasteiger partial charge on any atom is 0.227 e.